The number of hydrogen-bond acceptors (Lipinski definition) is 2. The van der Waals surface area contributed by atoms with Gasteiger partial charge in [0.05, 0.1) is 11.4 Å². The molecule has 0 spiro atoms. The predicted molar refractivity (Wildman–Crippen MR) is 223 cm³/mol. The molecular formula is C49H39NS. The van der Waals surface area contributed by atoms with Crippen LogP contribution >= 0.6 is 11.3 Å². The van der Waals surface area contributed by atoms with Crippen molar-refractivity contribution in [1.82, 2.24) is 0 Å². The minimum Gasteiger partial charge on any atom is -0.309 e. The van der Waals surface area contributed by atoms with Gasteiger partial charge in [0.1, 0.15) is 0 Å². The lowest BCUT2D eigenvalue weighted by Gasteiger charge is -2.28. The lowest BCUT2D eigenvalue weighted by molar-refractivity contribution is 0.403. The Labute approximate surface area is 306 Å². The fraction of sp³-hybridized carbons (Fsp3) is 0.143. The average molecular weight is 676 g/mol. The largest absolute Gasteiger partial charge is 0.309 e. The molecule has 0 amide bonds. The summed E-state index contributed by atoms with van der Waals surface area (Å²) in [5, 5.41) is 9.81. The molecule has 10 rings (SSSR count). The van der Waals surface area contributed by atoms with E-state index in [9.17, 15) is 2.74 Å². The number of fused-ring (bicyclic) bond motifs is 8. The van der Waals surface area contributed by atoms with E-state index in [2.05, 4.69) is 184 Å². The first-order valence-corrected chi connectivity index (χ1v) is 18.7. The summed E-state index contributed by atoms with van der Waals surface area (Å²) in [6, 6.07) is 55.3. The van der Waals surface area contributed by atoms with E-state index in [1.807, 2.05) is 0 Å². The van der Waals surface area contributed by atoms with Gasteiger partial charge in [-0.25, -0.2) is 0 Å². The van der Waals surface area contributed by atoms with Gasteiger partial charge in [0, 0.05) is 34.0 Å². The Morgan fingerprint density at radius 3 is 1.90 bits per heavy atom. The predicted octanol–water partition coefficient (Wildman–Crippen LogP) is 14.6. The van der Waals surface area contributed by atoms with Crippen LogP contribution in [-0.4, -0.2) is 0 Å². The molecule has 246 valence electrons. The van der Waals surface area contributed by atoms with Crippen molar-refractivity contribution in [3.05, 3.63) is 163 Å². The van der Waals surface area contributed by atoms with Gasteiger partial charge in [0.15, 0.2) is 0 Å². The Hall–Kier alpha value is -5.44. The molecule has 0 atom stereocenters. The van der Waals surface area contributed by atoms with Crippen LogP contribution < -0.4 is 4.90 Å². The summed E-state index contributed by atoms with van der Waals surface area (Å²) in [6.07, 6.45) is -1.39. The van der Waals surface area contributed by atoms with Gasteiger partial charge in [-0.15, -0.1) is 11.3 Å². The van der Waals surface area contributed by atoms with Gasteiger partial charge >= 0.3 is 0 Å². The van der Waals surface area contributed by atoms with E-state index in [0.717, 1.165) is 28.2 Å². The lowest BCUT2D eigenvalue weighted by atomic mass is 9.82. The summed E-state index contributed by atoms with van der Waals surface area (Å²) in [5.74, 6) is 0. The first kappa shape index (κ1) is 28.3. The zero-order chi connectivity index (χ0) is 36.3. The minimum absolute atomic E-state index is 0.605. The Balaban J connectivity index is 1.21. The zero-order valence-corrected chi connectivity index (χ0v) is 30.1. The highest BCUT2D eigenvalue weighted by Crippen LogP contribution is 2.53. The van der Waals surface area contributed by atoms with Crippen LogP contribution in [0.15, 0.2) is 152 Å². The number of anilines is 3. The highest BCUT2D eigenvalue weighted by Gasteiger charge is 2.42. The normalized spacial score (nSPS) is 16.5. The first-order chi connectivity index (χ1) is 25.6. The Morgan fingerprint density at radius 2 is 1.12 bits per heavy atom. The Morgan fingerprint density at radius 1 is 0.510 bits per heavy atom. The van der Waals surface area contributed by atoms with Crippen LogP contribution in [0.1, 0.15) is 47.9 Å². The topological polar surface area (TPSA) is 3.24 Å². The zero-order valence-electron chi connectivity index (χ0n) is 31.3. The van der Waals surface area contributed by atoms with E-state index in [1.165, 1.54) is 63.6 Å². The van der Waals surface area contributed by atoms with Crippen molar-refractivity contribution in [2.24, 2.45) is 0 Å². The molecule has 8 aromatic carbocycles. The molecule has 1 nitrogen and oxygen atoms in total. The van der Waals surface area contributed by atoms with Gasteiger partial charge in [-0.2, -0.15) is 0 Å². The maximum atomic E-state index is 9.27. The highest BCUT2D eigenvalue weighted by molar-refractivity contribution is 7.26. The van der Waals surface area contributed by atoms with Gasteiger partial charge in [0.25, 0.3) is 0 Å². The number of nitrogens with zero attached hydrogens (tertiary/aromatic N) is 1. The van der Waals surface area contributed by atoms with Crippen LogP contribution in [0.3, 0.4) is 0 Å². The number of thiophene rings is 1. The summed E-state index contributed by atoms with van der Waals surface area (Å²) in [7, 11) is 0. The fourth-order valence-corrected chi connectivity index (χ4v) is 10.0. The Bertz CT molecular complexity index is 2930. The summed E-state index contributed by atoms with van der Waals surface area (Å²) >= 11 is 1.81. The molecule has 0 unspecified atom stereocenters. The highest BCUT2D eigenvalue weighted by atomic mass is 32.1. The van der Waals surface area contributed by atoms with E-state index in [0.29, 0.717) is 0 Å². The molecule has 0 saturated heterocycles. The molecule has 2 heteroatoms. The Kier molecular flexibility index (Phi) is 6.11. The van der Waals surface area contributed by atoms with Crippen LogP contribution in [0.4, 0.5) is 17.1 Å². The molecule has 0 saturated carbocycles. The molecule has 51 heavy (non-hydrogen) atoms. The van der Waals surface area contributed by atoms with E-state index in [4.69, 9.17) is 0 Å². The van der Waals surface area contributed by atoms with Crippen LogP contribution in [-0.2, 0) is 10.8 Å². The molecule has 1 aliphatic rings. The molecule has 1 aromatic heterocycles. The quantitative estimate of drug-likeness (QED) is 0.168. The van der Waals surface area contributed by atoms with Gasteiger partial charge in [0.2, 0.25) is 0 Å². The van der Waals surface area contributed by atoms with Crippen molar-refractivity contribution in [2.45, 2.75) is 44.9 Å². The molecule has 0 N–H and O–H groups in total. The molecule has 1 aliphatic carbocycles. The molecule has 0 bridgehead atoms. The minimum atomic E-state index is -1.39. The van der Waals surface area contributed by atoms with Crippen molar-refractivity contribution in [1.29, 1.82) is 0 Å². The smallest absolute Gasteiger partial charge is 0.0555 e. The second-order valence-corrected chi connectivity index (χ2v) is 16.2. The van der Waals surface area contributed by atoms with E-state index in [1.54, 1.807) is 11.3 Å². The van der Waals surface area contributed by atoms with Crippen LogP contribution in [0.2, 0.25) is 0 Å². The van der Waals surface area contributed by atoms with Crippen molar-refractivity contribution in [2.75, 3.05) is 4.90 Å². The second-order valence-electron chi connectivity index (χ2n) is 15.1. The SMILES string of the molecule is [2H]C1([2H])C(C)(C)c2cc3sc4cccc(N(c5ccc(-c6cc7ccccc7c7ccccc67)cc5)c5cccc6ccccc56)c4c3cc2C1(C)C. The maximum Gasteiger partial charge on any atom is 0.0555 e. The van der Waals surface area contributed by atoms with E-state index in [-0.39, 0.29) is 0 Å². The number of rotatable bonds is 4. The van der Waals surface area contributed by atoms with E-state index < -0.39 is 17.2 Å². The third-order valence-electron chi connectivity index (χ3n) is 11.0. The summed E-state index contributed by atoms with van der Waals surface area (Å²) in [6.45, 7) is 8.28. The third-order valence-corrected chi connectivity index (χ3v) is 12.2. The lowest BCUT2D eigenvalue weighted by Crippen LogP contribution is -2.17. The van der Waals surface area contributed by atoms with Crippen LogP contribution in [0, 0.1) is 0 Å². The van der Waals surface area contributed by atoms with Crippen molar-refractivity contribution in [3.63, 3.8) is 0 Å². The fourth-order valence-electron chi connectivity index (χ4n) is 8.88. The number of benzene rings is 8. The monoisotopic (exact) mass is 675 g/mol. The molecule has 0 fully saturated rings. The molecular weight excluding hydrogens is 635 g/mol. The summed E-state index contributed by atoms with van der Waals surface area (Å²) in [4.78, 5) is 2.43. The van der Waals surface area contributed by atoms with Gasteiger partial charge in [-0.1, -0.05) is 131 Å². The second kappa shape index (κ2) is 11.0. The van der Waals surface area contributed by atoms with Gasteiger partial charge in [-0.05, 0) is 115 Å². The van der Waals surface area contributed by atoms with E-state index >= 15 is 0 Å². The van der Waals surface area contributed by atoms with Crippen LogP contribution in [0.5, 0.6) is 0 Å². The van der Waals surface area contributed by atoms with Crippen molar-refractivity contribution in [3.8, 4) is 11.1 Å². The van der Waals surface area contributed by atoms with Crippen molar-refractivity contribution < 1.29 is 2.74 Å². The summed E-state index contributed by atoms with van der Waals surface area (Å²) in [5.41, 5.74) is 6.73. The van der Waals surface area contributed by atoms with Crippen LogP contribution in [0.25, 0.3) is 63.6 Å². The molecule has 0 aliphatic heterocycles. The molecule has 0 radical (unpaired) electrons. The maximum absolute atomic E-state index is 9.27. The van der Waals surface area contributed by atoms with Gasteiger partial charge in [-0.3, -0.25) is 0 Å². The summed E-state index contributed by atoms with van der Waals surface area (Å²) < 4.78 is 21.0. The van der Waals surface area contributed by atoms with Crippen molar-refractivity contribution >= 4 is 80.9 Å². The third kappa shape index (κ3) is 4.66. The molecule has 9 aromatic rings. The average Bonchev–Trinajstić information content (AvgIpc) is 3.60. The molecule has 1 heterocycles. The number of hydrogen-bond donors (Lipinski definition) is 0. The first-order valence-electron chi connectivity index (χ1n) is 18.9. The van der Waals surface area contributed by atoms with Gasteiger partial charge < -0.3 is 4.90 Å². The standard InChI is InChI=1S/C49H39NS/c1-48(2)30-49(3,4)42-29-46-40(28-41(42)48)47-44(21-12-22-45(47)51-46)50(43-20-11-15-31-13-5-8-17-36(31)43)34-25-23-32(24-26-34)39-27-33-14-6-7-16-35(33)37-18-9-10-19-38(37)39/h5-29H,30H2,1-4H3/i30D2.